The normalized spacial score (nSPS) is 19.3. The van der Waals surface area contributed by atoms with Crippen LogP contribution in [-0.2, 0) is 6.54 Å². The third-order valence-corrected chi connectivity index (χ3v) is 5.14. The summed E-state index contributed by atoms with van der Waals surface area (Å²) in [5.41, 5.74) is 1.92. The lowest BCUT2D eigenvalue weighted by molar-refractivity contribution is 0.0681. The van der Waals surface area contributed by atoms with E-state index in [2.05, 4.69) is 16.5 Å². The van der Waals surface area contributed by atoms with Gasteiger partial charge in [0.2, 0.25) is 0 Å². The van der Waals surface area contributed by atoms with Gasteiger partial charge in [0.05, 0.1) is 11.8 Å². The summed E-state index contributed by atoms with van der Waals surface area (Å²) in [5.74, 6) is 2.69. The Morgan fingerprint density at radius 2 is 2.09 bits per heavy atom. The van der Waals surface area contributed by atoms with Crippen LogP contribution >= 0.6 is 0 Å². The molecule has 1 saturated carbocycles. The molecule has 122 valence electrons. The molecule has 1 saturated heterocycles. The number of imidazole rings is 1. The third kappa shape index (κ3) is 2.92. The zero-order valence-electron chi connectivity index (χ0n) is 13.6. The van der Waals surface area contributed by atoms with Gasteiger partial charge in [-0.1, -0.05) is 0 Å². The maximum Gasteiger partial charge on any atom is 0.257 e. The molecule has 0 N–H and O–H groups in total. The number of aryl methyl sites for hydroxylation is 1. The zero-order chi connectivity index (χ0) is 15.8. The highest BCUT2D eigenvalue weighted by Crippen LogP contribution is 2.40. The fourth-order valence-corrected chi connectivity index (χ4v) is 3.53. The van der Waals surface area contributed by atoms with Crippen molar-refractivity contribution < 1.29 is 9.21 Å². The Morgan fingerprint density at radius 3 is 2.74 bits per heavy atom. The molecule has 2 aromatic heterocycles. The van der Waals surface area contributed by atoms with Gasteiger partial charge in [-0.2, -0.15) is 0 Å². The highest BCUT2D eigenvalue weighted by atomic mass is 16.3. The average molecular weight is 313 g/mol. The topological polar surface area (TPSA) is 51.3 Å². The minimum absolute atomic E-state index is 0.0923. The van der Waals surface area contributed by atoms with Crippen molar-refractivity contribution in [2.24, 2.45) is 5.92 Å². The molecule has 0 radical (unpaired) electrons. The van der Waals surface area contributed by atoms with Gasteiger partial charge in [0.15, 0.2) is 0 Å². The molecule has 2 aliphatic rings. The van der Waals surface area contributed by atoms with E-state index in [0.717, 1.165) is 32.5 Å². The van der Waals surface area contributed by atoms with Crippen LogP contribution in [0.3, 0.4) is 0 Å². The minimum atomic E-state index is 0.0923. The number of piperidine rings is 1. The van der Waals surface area contributed by atoms with Gasteiger partial charge >= 0.3 is 0 Å². The zero-order valence-corrected chi connectivity index (χ0v) is 13.6. The maximum absolute atomic E-state index is 12.3. The summed E-state index contributed by atoms with van der Waals surface area (Å²) in [5, 5.41) is 0. The van der Waals surface area contributed by atoms with Crippen LogP contribution in [0.15, 0.2) is 29.2 Å². The molecule has 0 spiro atoms. The van der Waals surface area contributed by atoms with Crippen LogP contribution in [0.4, 0.5) is 0 Å². The quantitative estimate of drug-likeness (QED) is 0.871. The molecule has 3 heterocycles. The highest BCUT2D eigenvalue weighted by molar-refractivity contribution is 5.93. The molecular weight excluding hydrogens is 290 g/mol. The molecule has 5 heteroatoms. The molecule has 2 fully saturated rings. The second kappa shape index (κ2) is 5.87. The molecule has 23 heavy (non-hydrogen) atoms. The Morgan fingerprint density at radius 1 is 1.30 bits per heavy atom. The summed E-state index contributed by atoms with van der Waals surface area (Å²) in [6.07, 6.45) is 9.79. The van der Waals surface area contributed by atoms with Gasteiger partial charge < -0.3 is 13.9 Å². The van der Waals surface area contributed by atoms with E-state index in [0.29, 0.717) is 17.4 Å². The van der Waals surface area contributed by atoms with Crippen LogP contribution < -0.4 is 0 Å². The second-order valence-electron chi connectivity index (χ2n) is 6.89. The standard InChI is InChI=1S/C18H23N3O2/c1-13-10-19-17(15-2-3-15)21(13)11-14-4-7-20(8-5-14)18(22)16-6-9-23-12-16/h6,9-10,12,14-15H,2-5,7-8,11H2,1H3. The summed E-state index contributed by atoms with van der Waals surface area (Å²) >= 11 is 0. The van der Waals surface area contributed by atoms with Crippen LogP contribution in [-0.4, -0.2) is 33.4 Å². The van der Waals surface area contributed by atoms with Crippen molar-refractivity contribution in [1.82, 2.24) is 14.5 Å². The lowest BCUT2D eigenvalue weighted by Gasteiger charge is -2.32. The predicted octanol–water partition coefficient (Wildman–Crippen LogP) is 3.21. The van der Waals surface area contributed by atoms with Gasteiger partial charge in [-0.15, -0.1) is 0 Å². The summed E-state index contributed by atoms with van der Waals surface area (Å²) < 4.78 is 7.43. The van der Waals surface area contributed by atoms with Gasteiger partial charge in [0, 0.05) is 37.4 Å². The first kappa shape index (κ1) is 14.5. The van der Waals surface area contributed by atoms with Crippen molar-refractivity contribution >= 4 is 5.91 Å². The Labute approximate surface area is 136 Å². The molecule has 0 unspecified atom stereocenters. The molecule has 4 rings (SSSR count). The van der Waals surface area contributed by atoms with Gasteiger partial charge in [-0.05, 0) is 44.6 Å². The number of nitrogens with zero attached hydrogens (tertiary/aromatic N) is 3. The van der Waals surface area contributed by atoms with Gasteiger partial charge in [0.25, 0.3) is 5.91 Å². The molecule has 0 atom stereocenters. The lowest BCUT2D eigenvalue weighted by atomic mass is 9.96. The number of carbonyl (C=O) groups is 1. The van der Waals surface area contributed by atoms with Crippen molar-refractivity contribution in [2.75, 3.05) is 13.1 Å². The monoisotopic (exact) mass is 313 g/mol. The fourth-order valence-electron chi connectivity index (χ4n) is 3.53. The average Bonchev–Trinajstić information content (AvgIpc) is 3.14. The number of likely N-dealkylation sites (tertiary alicyclic amines) is 1. The molecule has 0 aromatic carbocycles. The van der Waals surface area contributed by atoms with Crippen molar-refractivity contribution in [3.63, 3.8) is 0 Å². The van der Waals surface area contributed by atoms with E-state index in [1.165, 1.54) is 30.6 Å². The first-order valence-electron chi connectivity index (χ1n) is 8.56. The summed E-state index contributed by atoms with van der Waals surface area (Å²) in [6, 6.07) is 1.74. The fraction of sp³-hybridized carbons (Fsp3) is 0.556. The SMILES string of the molecule is Cc1cnc(C2CC2)n1CC1CCN(C(=O)c2ccoc2)CC1. The largest absolute Gasteiger partial charge is 0.472 e. The number of aromatic nitrogens is 2. The highest BCUT2D eigenvalue weighted by Gasteiger charge is 2.30. The Hall–Kier alpha value is -2.04. The first-order valence-corrected chi connectivity index (χ1v) is 8.56. The smallest absolute Gasteiger partial charge is 0.257 e. The maximum atomic E-state index is 12.3. The van der Waals surface area contributed by atoms with Crippen LogP contribution in [0.5, 0.6) is 0 Å². The van der Waals surface area contributed by atoms with Crippen molar-refractivity contribution in [3.05, 3.63) is 41.9 Å². The molecule has 1 amide bonds. The number of hydrogen-bond donors (Lipinski definition) is 0. The summed E-state index contributed by atoms with van der Waals surface area (Å²) in [4.78, 5) is 18.9. The van der Waals surface area contributed by atoms with Gasteiger partial charge in [-0.3, -0.25) is 4.79 Å². The van der Waals surface area contributed by atoms with Crippen LogP contribution in [0.1, 0.15) is 53.5 Å². The molecule has 5 nitrogen and oxygen atoms in total. The van der Waals surface area contributed by atoms with Crippen molar-refractivity contribution in [3.8, 4) is 0 Å². The van der Waals surface area contributed by atoms with E-state index in [1.807, 2.05) is 11.1 Å². The molecule has 2 aromatic rings. The first-order chi connectivity index (χ1) is 11.2. The Kier molecular flexibility index (Phi) is 3.71. The number of carbonyl (C=O) groups excluding carboxylic acids is 1. The summed E-state index contributed by atoms with van der Waals surface area (Å²) in [7, 11) is 0. The molecule has 0 bridgehead atoms. The number of furan rings is 1. The van der Waals surface area contributed by atoms with Crippen LogP contribution in [0, 0.1) is 12.8 Å². The molecule has 1 aliphatic heterocycles. The number of amides is 1. The predicted molar refractivity (Wildman–Crippen MR) is 86.3 cm³/mol. The molecule has 1 aliphatic carbocycles. The molecular formula is C18H23N3O2. The van der Waals surface area contributed by atoms with E-state index in [-0.39, 0.29) is 5.91 Å². The van der Waals surface area contributed by atoms with Crippen LogP contribution in [0.2, 0.25) is 0 Å². The van der Waals surface area contributed by atoms with E-state index < -0.39 is 0 Å². The number of hydrogen-bond acceptors (Lipinski definition) is 3. The third-order valence-electron chi connectivity index (χ3n) is 5.14. The Balaban J connectivity index is 1.37. The van der Waals surface area contributed by atoms with E-state index in [9.17, 15) is 4.79 Å². The van der Waals surface area contributed by atoms with Crippen molar-refractivity contribution in [1.29, 1.82) is 0 Å². The van der Waals surface area contributed by atoms with Gasteiger partial charge in [-0.25, -0.2) is 4.98 Å². The van der Waals surface area contributed by atoms with Gasteiger partial charge in [0.1, 0.15) is 12.1 Å². The minimum Gasteiger partial charge on any atom is -0.472 e. The lowest BCUT2D eigenvalue weighted by Crippen LogP contribution is -2.39. The van der Waals surface area contributed by atoms with E-state index in [1.54, 1.807) is 12.3 Å². The summed E-state index contributed by atoms with van der Waals surface area (Å²) in [6.45, 7) is 4.87. The van der Waals surface area contributed by atoms with Crippen LogP contribution in [0.25, 0.3) is 0 Å². The van der Waals surface area contributed by atoms with E-state index >= 15 is 0 Å². The second-order valence-corrected chi connectivity index (χ2v) is 6.89. The Bertz CT molecular complexity index is 677. The van der Waals surface area contributed by atoms with E-state index in [4.69, 9.17) is 4.42 Å². The number of rotatable bonds is 4. The van der Waals surface area contributed by atoms with Crippen molar-refractivity contribution in [2.45, 2.75) is 45.1 Å².